The monoisotopic (exact) mass is 286 g/mol. The number of hydrogen-bond acceptors (Lipinski definition) is 3. The zero-order valence-corrected chi connectivity index (χ0v) is 11.2. The van der Waals surface area contributed by atoms with Crippen molar-refractivity contribution in [1.29, 1.82) is 0 Å². The molecule has 0 heterocycles. The van der Waals surface area contributed by atoms with Gasteiger partial charge in [0.15, 0.2) is 0 Å². The Hall–Kier alpha value is -0.580. The van der Waals surface area contributed by atoms with Crippen molar-refractivity contribution in [2.75, 3.05) is 26.2 Å². The van der Waals surface area contributed by atoms with Gasteiger partial charge in [-0.05, 0) is 60.1 Å². The van der Waals surface area contributed by atoms with Gasteiger partial charge in [0.25, 0.3) is 0 Å². The van der Waals surface area contributed by atoms with Crippen LogP contribution < -0.4 is 15.8 Å². The average molecular weight is 287 g/mol. The number of nitrogens with two attached hydrogens (primary N) is 1. The molecule has 0 aliphatic carbocycles. The average Bonchev–Trinajstić information content (AvgIpc) is 2.26. The predicted molar refractivity (Wildman–Crippen MR) is 70.9 cm³/mol. The van der Waals surface area contributed by atoms with Crippen LogP contribution in [-0.4, -0.2) is 26.2 Å². The zero-order valence-electron chi connectivity index (χ0n) is 9.63. The van der Waals surface area contributed by atoms with E-state index in [1.165, 1.54) is 5.56 Å². The third-order valence-electron chi connectivity index (χ3n) is 2.18. The van der Waals surface area contributed by atoms with E-state index < -0.39 is 0 Å². The second-order valence-corrected chi connectivity index (χ2v) is 4.53. The summed E-state index contributed by atoms with van der Waals surface area (Å²) in [5.74, 6) is 0.895. The summed E-state index contributed by atoms with van der Waals surface area (Å²) in [6.07, 6.45) is 1.01. The van der Waals surface area contributed by atoms with E-state index in [1.807, 2.05) is 12.1 Å². The summed E-state index contributed by atoms with van der Waals surface area (Å²) in [5, 5.41) is 3.27. The van der Waals surface area contributed by atoms with Crippen LogP contribution in [0.1, 0.15) is 12.0 Å². The van der Waals surface area contributed by atoms with Crippen molar-refractivity contribution in [2.45, 2.75) is 13.3 Å². The minimum atomic E-state index is 0.673. The Kier molecular flexibility index (Phi) is 6.45. The molecule has 1 rings (SSSR count). The first-order valence-corrected chi connectivity index (χ1v) is 6.33. The van der Waals surface area contributed by atoms with Crippen LogP contribution in [0.2, 0.25) is 0 Å². The molecular formula is C12H19BrN2O. The molecule has 1 aromatic carbocycles. The van der Waals surface area contributed by atoms with Crippen LogP contribution in [0.3, 0.4) is 0 Å². The lowest BCUT2D eigenvalue weighted by Crippen LogP contribution is -2.23. The number of hydrogen-bond donors (Lipinski definition) is 2. The van der Waals surface area contributed by atoms with Gasteiger partial charge >= 0.3 is 0 Å². The van der Waals surface area contributed by atoms with Crippen LogP contribution in [0.4, 0.5) is 0 Å². The largest absolute Gasteiger partial charge is 0.491 e. The highest BCUT2D eigenvalue weighted by Crippen LogP contribution is 2.25. The van der Waals surface area contributed by atoms with Gasteiger partial charge < -0.3 is 15.8 Å². The minimum absolute atomic E-state index is 0.673. The highest BCUT2D eigenvalue weighted by molar-refractivity contribution is 9.10. The zero-order chi connectivity index (χ0) is 11.8. The van der Waals surface area contributed by atoms with Gasteiger partial charge in [0, 0.05) is 6.54 Å². The fraction of sp³-hybridized carbons (Fsp3) is 0.500. The molecule has 0 amide bonds. The van der Waals surface area contributed by atoms with Crippen molar-refractivity contribution in [1.82, 2.24) is 5.32 Å². The van der Waals surface area contributed by atoms with E-state index in [1.54, 1.807) is 0 Å². The van der Waals surface area contributed by atoms with E-state index >= 15 is 0 Å². The van der Waals surface area contributed by atoms with Gasteiger partial charge in [-0.3, -0.25) is 0 Å². The van der Waals surface area contributed by atoms with Crippen molar-refractivity contribution in [3.63, 3.8) is 0 Å². The van der Waals surface area contributed by atoms with E-state index in [0.717, 1.165) is 36.3 Å². The van der Waals surface area contributed by atoms with Gasteiger partial charge in [-0.25, -0.2) is 0 Å². The number of benzene rings is 1. The van der Waals surface area contributed by atoms with Crippen LogP contribution in [0.25, 0.3) is 0 Å². The smallest absolute Gasteiger partial charge is 0.133 e. The maximum absolute atomic E-state index is 5.63. The van der Waals surface area contributed by atoms with Crippen LogP contribution in [0.5, 0.6) is 5.75 Å². The summed E-state index contributed by atoms with van der Waals surface area (Å²) in [4.78, 5) is 0. The topological polar surface area (TPSA) is 47.3 Å². The van der Waals surface area contributed by atoms with Crippen LogP contribution in [-0.2, 0) is 0 Å². The maximum Gasteiger partial charge on any atom is 0.133 e. The number of nitrogens with one attached hydrogen (secondary N) is 1. The normalized spacial score (nSPS) is 10.4. The molecule has 0 aliphatic heterocycles. The van der Waals surface area contributed by atoms with E-state index in [2.05, 4.69) is 34.2 Å². The Balaban J connectivity index is 2.21. The van der Waals surface area contributed by atoms with Crippen LogP contribution in [0.15, 0.2) is 22.7 Å². The van der Waals surface area contributed by atoms with Gasteiger partial charge in [-0.2, -0.15) is 0 Å². The van der Waals surface area contributed by atoms with E-state index in [9.17, 15) is 0 Å². The molecular weight excluding hydrogens is 268 g/mol. The summed E-state index contributed by atoms with van der Waals surface area (Å²) in [6.45, 7) is 5.27. The van der Waals surface area contributed by atoms with Gasteiger partial charge in [0.2, 0.25) is 0 Å². The Morgan fingerprint density at radius 3 is 2.88 bits per heavy atom. The lowest BCUT2D eigenvalue weighted by molar-refractivity contribution is 0.312. The second-order valence-electron chi connectivity index (χ2n) is 3.67. The lowest BCUT2D eigenvalue weighted by atomic mass is 10.2. The first-order valence-electron chi connectivity index (χ1n) is 5.54. The summed E-state index contributed by atoms with van der Waals surface area (Å²) in [6, 6.07) is 6.08. The Bertz CT molecular complexity index is 318. The molecule has 0 unspecified atom stereocenters. The van der Waals surface area contributed by atoms with E-state index in [0.29, 0.717) is 6.61 Å². The lowest BCUT2D eigenvalue weighted by Gasteiger charge is -2.09. The summed E-state index contributed by atoms with van der Waals surface area (Å²) < 4.78 is 6.64. The highest BCUT2D eigenvalue weighted by atomic mass is 79.9. The molecule has 0 saturated heterocycles. The summed E-state index contributed by atoms with van der Waals surface area (Å²) in [7, 11) is 0. The molecule has 3 N–H and O–H groups in total. The summed E-state index contributed by atoms with van der Waals surface area (Å²) >= 11 is 3.48. The van der Waals surface area contributed by atoms with Gasteiger partial charge in [-0.1, -0.05) is 6.07 Å². The van der Waals surface area contributed by atoms with Gasteiger partial charge in [-0.15, -0.1) is 0 Å². The van der Waals surface area contributed by atoms with Crippen molar-refractivity contribution in [3.8, 4) is 5.75 Å². The van der Waals surface area contributed by atoms with Gasteiger partial charge in [0.1, 0.15) is 12.4 Å². The van der Waals surface area contributed by atoms with E-state index in [4.69, 9.17) is 10.5 Å². The Morgan fingerprint density at radius 1 is 1.38 bits per heavy atom. The van der Waals surface area contributed by atoms with Gasteiger partial charge in [0.05, 0.1) is 4.47 Å². The number of aryl methyl sites for hydroxylation is 1. The second kappa shape index (κ2) is 7.65. The van der Waals surface area contributed by atoms with E-state index in [-0.39, 0.29) is 0 Å². The fourth-order valence-electron chi connectivity index (χ4n) is 1.31. The first-order chi connectivity index (χ1) is 7.74. The molecule has 0 aliphatic rings. The Morgan fingerprint density at radius 2 is 2.19 bits per heavy atom. The molecule has 0 atom stereocenters. The molecule has 1 aromatic rings. The number of rotatable bonds is 7. The molecule has 90 valence electrons. The number of ether oxygens (including phenoxy) is 1. The maximum atomic E-state index is 5.63. The molecule has 0 spiro atoms. The molecule has 0 saturated carbocycles. The fourth-order valence-corrected chi connectivity index (χ4v) is 1.92. The molecule has 3 nitrogen and oxygen atoms in total. The molecule has 16 heavy (non-hydrogen) atoms. The first kappa shape index (κ1) is 13.5. The molecule has 4 heteroatoms. The molecule has 0 aromatic heterocycles. The SMILES string of the molecule is Cc1ccc(OCCNCCCN)c(Br)c1. The molecule has 0 radical (unpaired) electrons. The summed E-state index contributed by atoms with van der Waals surface area (Å²) in [5.41, 5.74) is 6.61. The number of halogens is 1. The third kappa shape index (κ3) is 4.96. The standard InChI is InChI=1S/C12H19BrN2O/c1-10-3-4-12(11(13)9-10)16-8-7-15-6-2-5-14/h3-4,9,15H,2,5-8,14H2,1H3. The van der Waals surface area contributed by atoms with Crippen LogP contribution in [0, 0.1) is 6.92 Å². The molecule has 0 bridgehead atoms. The Labute approximate surface area is 105 Å². The van der Waals surface area contributed by atoms with Crippen molar-refractivity contribution in [3.05, 3.63) is 28.2 Å². The van der Waals surface area contributed by atoms with Crippen molar-refractivity contribution < 1.29 is 4.74 Å². The minimum Gasteiger partial charge on any atom is -0.491 e. The quantitative estimate of drug-likeness (QED) is 0.755. The predicted octanol–water partition coefficient (Wildman–Crippen LogP) is 2.07. The van der Waals surface area contributed by atoms with Crippen molar-refractivity contribution >= 4 is 15.9 Å². The highest BCUT2D eigenvalue weighted by Gasteiger charge is 2.00. The molecule has 0 fully saturated rings. The van der Waals surface area contributed by atoms with Crippen LogP contribution >= 0.6 is 15.9 Å². The third-order valence-corrected chi connectivity index (χ3v) is 2.80. The van der Waals surface area contributed by atoms with Crippen molar-refractivity contribution in [2.24, 2.45) is 5.73 Å².